The number of anilines is 1. The van der Waals surface area contributed by atoms with Crippen LogP contribution in [0.15, 0.2) is 48.6 Å². The van der Waals surface area contributed by atoms with Crippen LogP contribution < -0.4 is 14.4 Å². The van der Waals surface area contributed by atoms with Crippen molar-refractivity contribution in [2.24, 2.45) is 23.7 Å². The Morgan fingerprint density at radius 2 is 1.94 bits per heavy atom. The molecule has 0 aromatic heterocycles. The zero-order valence-corrected chi connectivity index (χ0v) is 33.0. The van der Waals surface area contributed by atoms with Gasteiger partial charge in [-0.05, 0) is 97.2 Å². The highest BCUT2D eigenvalue weighted by atomic mass is 35.5. The fraction of sp³-hybridized carbons (Fsp3) is 0.634. The number of nitrogens with zero attached hydrogens (tertiary/aromatic N) is 3. The van der Waals surface area contributed by atoms with Crippen molar-refractivity contribution in [1.29, 1.82) is 0 Å². The number of halogens is 1. The Hall–Kier alpha value is -2.67. The van der Waals surface area contributed by atoms with Crippen LogP contribution in [-0.4, -0.2) is 114 Å². The first kappa shape index (κ1) is 37.3. The SMILES string of the molecule is CO[C@@]1(CN2CCN3CCOC[C@@H]3C2)/C=C/[C@H](C)[C@H](C)CS(=O)(=O)NC(=O)c2ccc3c(c2)N(C[C@@H]2CC[C@H]21)C[C@@]1(CCCc2cc(Cl)ccc21)CO3. The van der Waals surface area contributed by atoms with Crippen LogP contribution in [0.25, 0.3) is 0 Å². The minimum absolute atomic E-state index is 0.0559. The number of fused-ring (bicyclic) bond motifs is 5. The summed E-state index contributed by atoms with van der Waals surface area (Å²) in [6, 6.07) is 12.0. The molecule has 2 aromatic carbocycles. The number of nitrogens with one attached hydrogen (secondary N) is 1. The predicted molar refractivity (Wildman–Crippen MR) is 208 cm³/mol. The fourth-order valence-corrected chi connectivity index (χ4v) is 11.8. The lowest BCUT2D eigenvalue weighted by molar-refractivity contribution is -0.108. The summed E-state index contributed by atoms with van der Waals surface area (Å²) in [6.07, 6.45) is 9.55. The number of rotatable bonds is 3. The van der Waals surface area contributed by atoms with Crippen molar-refractivity contribution < 1.29 is 27.4 Å². The second-order valence-corrected chi connectivity index (χ2v) is 19.0. The lowest BCUT2D eigenvalue weighted by atomic mass is 9.63. The number of benzene rings is 2. The number of methoxy groups -OCH3 is 1. The molecule has 53 heavy (non-hydrogen) atoms. The summed E-state index contributed by atoms with van der Waals surface area (Å²) in [5, 5.41) is 0.747. The normalized spacial score (nSPS) is 35.4. The number of ether oxygens (including phenoxy) is 3. The molecular weight excluding hydrogens is 712 g/mol. The molecule has 8 rings (SSSR count). The summed E-state index contributed by atoms with van der Waals surface area (Å²) in [4.78, 5) is 21.2. The summed E-state index contributed by atoms with van der Waals surface area (Å²) >= 11 is 6.51. The number of carbonyl (C=O) groups is 1. The molecule has 1 amide bonds. The smallest absolute Gasteiger partial charge is 0.264 e. The van der Waals surface area contributed by atoms with E-state index in [4.69, 9.17) is 25.8 Å². The first-order valence-electron chi connectivity index (χ1n) is 19.6. The fourth-order valence-electron chi connectivity index (χ4n) is 10.1. The lowest BCUT2D eigenvalue weighted by Gasteiger charge is -2.53. The molecule has 0 unspecified atom stereocenters. The average Bonchev–Trinajstić information content (AvgIpc) is 3.27. The zero-order valence-electron chi connectivity index (χ0n) is 31.4. The van der Waals surface area contributed by atoms with Gasteiger partial charge in [0.05, 0.1) is 31.3 Å². The topological polar surface area (TPSA) is 101 Å². The number of carbonyl (C=O) groups excluding carboxylic acids is 1. The van der Waals surface area contributed by atoms with Gasteiger partial charge in [0, 0.05) is 75.0 Å². The first-order chi connectivity index (χ1) is 25.5. The molecule has 1 saturated carbocycles. The number of allylic oxidation sites excluding steroid dienone is 1. The van der Waals surface area contributed by atoms with Gasteiger partial charge in [0.15, 0.2) is 0 Å². The van der Waals surface area contributed by atoms with Gasteiger partial charge < -0.3 is 19.1 Å². The summed E-state index contributed by atoms with van der Waals surface area (Å²) in [5.41, 5.74) is 2.87. The van der Waals surface area contributed by atoms with E-state index < -0.39 is 21.5 Å². The van der Waals surface area contributed by atoms with Crippen molar-refractivity contribution >= 4 is 33.2 Å². The molecule has 12 heteroatoms. The van der Waals surface area contributed by atoms with Crippen LogP contribution in [0.3, 0.4) is 0 Å². The highest BCUT2D eigenvalue weighted by molar-refractivity contribution is 7.90. The van der Waals surface area contributed by atoms with E-state index in [0.29, 0.717) is 29.9 Å². The molecular formula is C41H55ClN4O6S. The number of hydrogen-bond acceptors (Lipinski definition) is 9. The molecule has 1 spiro atoms. The third-order valence-corrected chi connectivity index (χ3v) is 15.2. The maximum atomic E-state index is 13.6. The Kier molecular flexibility index (Phi) is 10.4. The largest absolute Gasteiger partial charge is 0.490 e. The van der Waals surface area contributed by atoms with Crippen LogP contribution in [0.2, 0.25) is 5.02 Å². The minimum Gasteiger partial charge on any atom is -0.490 e. The molecule has 7 atom stereocenters. The number of sulfonamides is 1. The van der Waals surface area contributed by atoms with E-state index in [1.807, 2.05) is 32.2 Å². The van der Waals surface area contributed by atoms with E-state index in [-0.39, 0.29) is 28.9 Å². The minimum atomic E-state index is -3.91. The predicted octanol–water partition coefficient (Wildman–Crippen LogP) is 5.14. The molecule has 3 fully saturated rings. The van der Waals surface area contributed by atoms with Crippen molar-refractivity contribution in [2.75, 3.05) is 83.4 Å². The number of amides is 1. The van der Waals surface area contributed by atoms with Crippen molar-refractivity contribution in [3.8, 4) is 5.75 Å². The van der Waals surface area contributed by atoms with Gasteiger partial charge in [-0.2, -0.15) is 0 Å². The molecule has 6 aliphatic rings. The van der Waals surface area contributed by atoms with Crippen LogP contribution in [0.4, 0.5) is 5.69 Å². The number of piperazine rings is 1. The van der Waals surface area contributed by atoms with E-state index in [1.165, 1.54) is 11.1 Å². The summed E-state index contributed by atoms with van der Waals surface area (Å²) in [6.45, 7) is 12.2. The standard InChI is InChI=1S/C41H55ClN4O6S/c1-28-12-14-41(50-3,26-44-15-16-45-17-18-51-23-34(45)22-44)36-9-6-32(36)21-46-25-40(13-4-5-30-19-33(42)8-10-35(30)40)27-52-38-11-7-31(20-37(38)46)39(47)43-53(48,49)24-29(28)2/h7-8,10-12,14,19-20,28-29,32,34,36H,4-6,9,13,15-18,21-27H2,1-3H3,(H,43,47)/b14-12+/t28-,29+,32-,34-,36+,40-,41+/m0/s1. The average molecular weight is 767 g/mol. The maximum Gasteiger partial charge on any atom is 0.264 e. The lowest BCUT2D eigenvalue weighted by Crippen LogP contribution is -2.62. The van der Waals surface area contributed by atoms with Crippen LogP contribution in [0, 0.1) is 23.7 Å². The highest BCUT2D eigenvalue weighted by Gasteiger charge is 2.50. The van der Waals surface area contributed by atoms with Gasteiger partial charge in [0.1, 0.15) is 11.4 Å². The van der Waals surface area contributed by atoms with Crippen LogP contribution in [0.1, 0.15) is 61.0 Å². The summed E-state index contributed by atoms with van der Waals surface area (Å²) in [5.74, 6) is 0.234. The van der Waals surface area contributed by atoms with Gasteiger partial charge >= 0.3 is 0 Å². The summed E-state index contributed by atoms with van der Waals surface area (Å²) < 4.78 is 48.6. The molecule has 1 N–H and O–H groups in total. The molecule has 2 saturated heterocycles. The molecule has 0 radical (unpaired) electrons. The van der Waals surface area contributed by atoms with Crippen molar-refractivity contribution in [2.45, 2.75) is 63.0 Å². The number of morpholine rings is 1. The van der Waals surface area contributed by atoms with Crippen LogP contribution in [-0.2, 0) is 31.3 Å². The molecule has 4 heterocycles. The molecule has 288 valence electrons. The van der Waals surface area contributed by atoms with E-state index in [2.05, 4.69) is 50.6 Å². The Labute approximate surface area is 320 Å². The van der Waals surface area contributed by atoms with Gasteiger partial charge in [-0.3, -0.25) is 14.6 Å². The van der Waals surface area contributed by atoms with Gasteiger partial charge in [0.25, 0.3) is 5.91 Å². The third kappa shape index (κ3) is 7.38. The number of aryl methyl sites for hydroxylation is 1. The molecule has 10 nitrogen and oxygen atoms in total. The highest BCUT2D eigenvalue weighted by Crippen LogP contribution is 2.49. The van der Waals surface area contributed by atoms with E-state index in [0.717, 1.165) is 102 Å². The molecule has 2 aliphatic carbocycles. The maximum absolute atomic E-state index is 13.6. The van der Waals surface area contributed by atoms with Crippen molar-refractivity contribution in [3.63, 3.8) is 0 Å². The second-order valence-electron chi connectivity index (χ2n) is 16.8. The number of hydrogen-bond donors (Lipinski definition) is 1. The third-order valence-electron chi connectivity index (χ3n) is 13.5. The van der Waals surface area contributed by atoms with E-state index in [9.17, 15) is 13.2 Å². The van der Waals surface area contributed by atoms with Crippen molar-refractivity contribution in [1.82, 2.24) is 14.5 Å². The molecule has 4 aliphatic heterocycles. The molecule has 2 bridgehead atoms. The van der Waals surface area contributed by atoms with Gasteiger partial charge in [-0.25, -0.2) is 13.1 Å². The van der Waals surface area contributed by atoms with Crippen LogP contribution in [0.5, 0.6) is 5.75 Å². The Bertz CT molecular complexity index is 1840. The Balaban J connectivity index is 1.19. The molecule has 2 aromatic rings. The van der Waals surface area contributed by atoms with E-state index in [1.54, 1.807) is 6.07 Å². The summed E-state index contributed by atoms with van der Waals surface area (Å²) in [7, 11) is -2.06. The Morgan fingerprint density at radius 3 is 2.75 bits per heavy atom. The van der Waals surface area contributed by atoms with Crippen LogP contribution >= 0.6 is 11.6 Å². The van der Waals surface area contributed by atoms with Gasteiger partial charge in [0.2, 0.25) is 10.0 Å². The van der Waals surface area contributed by atoms with Gasteiger partial charge in [-0.1, -0.05) is 43.7 Å². The zero-order chi connectivity index (χ0) is 37.0. The first-order valence-corrected chi connectivity index (χ1v) is 21.6. The quantitative estimate of drug-likeness (QED) is 0.426. The Morgan fingerprint density at radius 1 is 1.08 bits per heavy atom. The monoisotopic (exact) mass is 766 g/mol. The van der Waals surface area contributed by atoms with E-state index >= 15 is 0 Å². The van der Waals surface area contributed by atoms with Crippen molar-refractivity contribution in [3.05, 3.63) is 70.3 Å². The second kappa shape index (κ2) is 14.8. The van der Waals surface area contributed by atoms with Gasteiger partial charge in [-0.15, -0.1) is 0 Å².